The number of benzene rings is 1. The van der Waals surface area contributed by atoms with Crippen LogP contribution in [-0.2, 0) is 9.53 Å². The van der Waals surface area contributed by atoms with Gasteiger partial charge >= 0.3 is 5.97 Å². The van der Waals surface area contributed by atoms with Gasteiger partial charge in [-0.1, -0.05) is 45.0 Å². The summed E-state index contributed by atoms with van der Waals surface area (Å²) in [4.78, 5) is 24.7. The van der Waals surface area contributed by atoms with E-state index in [9.17, 15) is 9.59 Å². The van der Waals surface area contributed by atoms with E-state index in [2.05, 4.69) is 27.4 Å². The fraction of sp³-hybridized carbons (Fsp3) is 0.524. The molecule has 2 rings (SSSR count). The molecule has 3 atom stereocenters. The van der Waals surface area contributed by atoms with Crippen molar-refractivity contribution >= 4 is 11.8 Å². The standard InChI is InChI=1S/C21H28O3/c1-5-20(3)12-13-21(4,18(22)15-20)16(2)11-14-24-19(23)17-9-7-6-8-10-17/h5-10,16H,1,11-15H2,2-4H3/t16-,20+,21+/m1/s1. The van der Waals surface area contributed by atoms with E-state index in [1.165, 1.54) is 0 Å². The first kappa shape index (κ1) is 18.4. The molecule has 1 aliphatic rings. The summed E-state index contributed by atoms with van der Waals surface area (Å²) in [5.74, 6) is 0.183. The Balaban J connectivity index is 1.88. The second-order valence-electron chi connectivity index (χ2n) is 7.57. The van der Waals surface area contributed by atoms with E-state index in [0.29, 0.717) is 30.8 Å². The third-order valence-electron chi connectivity index (χ3n) is 5.79. The number of ether oxygens (including phenoxy) is 1. The Morgan fingerprint density at radius 3 is 2.54 bits per heavy atom. The Bertz CT molecular complexity index is 607. The minimum absolute atomic E-state index is 0.0733. The van der Waals surface area contributed by atoms with Gasteiger partial charge in [-0.2, -0.15) is 0 Å². The van der Waals surface area contributed by atoms with E-state index in [4.69, 9.17) is 4.74 Å². The number of rotatable bonds is 6. The molecule has 1 aromatic rings. The lowest BCUT2D eigenvalue weighted by atomic mass is 9.59. The van der Waals surface area contributed by atoms with E-state index in [1.54, 1.807) is 12.1 Å². The van der Waals surface area contributed by atoms with Gasteiger partial charge in [-0.25, -0.2) is 4.79 Å². The molecule has 3 nitrogen and oxygen atoms in total. The van der Waals surface area contributed by atoms with Crippen molar-refractivity contribution in [1.29, 1.82) is 0 Å². The van der Waals surface area contributed by atoms with Gasteiger partial charge in [0, 0.05) is 11.8 Å². The lowest BCUT2D eigenvalue weighted by Crippen LogP contribution is -2.43. The number of carbonyl (C=O) groups excluding carboxylic acids is 2. The molecule has 0 aliphatic heterocycles. The summed E-state index contributed by atoms with van der Waals surface area (Å²) in [6.45, 7) is 10.5. The first-order valence-electron chi connectivity index (χ1n) is 8.70. The minimum atomic E-state index is -0.332. The third kappa shape index (κ3) is 3.95. The Labute approximate surface area is 145 Å². The average molecular weight is 328 g/mol. The van der Waals surface area contributed by atoms with Crippen LogP contribution in [0.3, 0.4) is 0 Å². The smallest absolute Gasteiger partial charge is 0.338 e. The number of hydrogen-bond acceptors (Lipinski definition) is 3. The van der Waals surface area contributed by atoms with Crippen LogP contribution in [0, 0.1) is 16.7 Å². The number of allylic oxidation sites excluding steroid dienone is 1. The van der Waals surface area contributed by atoms with Crippen molar-refractivity contribution in [3.05, 3.63) is 48.6 Å². The quantitative estimate of drug-likeness (QED) is 0.555. The number of Topliss-reactive ketones (excluding diaryl/α,β-unsaturated/α-hetero) is 1. The number of ketones is 1. The predicted octanol–water partition coefficient (Wildman–Crippen LogP) is 4.82. The zero-order valence-corrected chi connectivity index (χ0v) is 15.0. The van der Waals surface area contributed by atoms with Gasteiger partial charge in [0.15, 0.2) is 0 Å². The Morgan fingerprint density at radius 2 is 1.96 bits per heavy atom. The molecule has 3 heteroatoms. The van der Waals surface area contributed by atoms with Crippen molar-refractivity contribution in [2.24, 2.45) is 16.7 Å². The van der Waals surface area contributed by atoms with Crippen LogP contribution in [0.5, 0.6) is 0 Å². The summed E-state index contributed by atoms with van der Waals surface area (Å²) in [5, 5.41) is 0. The number of esters is 1. The van der Waals surface area contributed by atoms with E-state index >= 15 is 0 Å². The molecule has 0 spiro atoms. The Hall–Kier alpha value is -1.90. The van der Waals surface area contributed by atoms with Crippen LogP contribution in [0.4, 0.5) is 0 Å². The van der Waals surface area contributed by atoms with Gasteiger partial charge in [-0.3, -0.25) is 4.79 Å². The summed E-state index contributed by atoms with van der Waals surface area (Å²) < 4.78 is 5.37. The molecule has 0 aromatic heterocycles. The topological polar surface area (TPSA) is 43.4 Å². The molecule has 0 bridgehead atoms. The molecular weight excluding hydrogens is 300 g/mol. The molecule has 0 heterocycles. The summed E-state index contributed by atoms with van der Waals surface area (Å²) >= 11 is 0. The fourth-order valence-corrected chi connectivity index (χ4v) is 3.34. The van der Waals surface area contributed by atoms with Crippen LogP contribution in [0.15, 0.2) is 43.0 Å². The normalized spacial score (nSPS) is 28.2. The molecule has 130 valence electrons. The van der Waals surface area contributed by atoms with Crippen molar-refractivity contribution in [2.75, 3.05) is 6.61 Å². The second kappa shape index (κ2) is 7.33. The third-order valence-corrected chi connectivity index (χ3v) is 5.79. The Morgan fingerprint density at radius 1 is 1.29 bits per heavy atom. The van der Waals surface area contributed by atoms with Crippen LogP contribution in [0.1, 0.15) is 56.8 Å². The van der Waals surface area contributed by atoms with Crippen molar-refractivity contribution in [1.82, 2.24) is 0 Å². The minimum Gasteiger partial charge on any atom is -0.462 e. The van der Waals surface area contributed by atoms with Crippen molar-refractivity contribution in [2.45, 2.75) is 46.5 Å². The van der Waals surface area contributed by atoms with E-state index in [0.717, 1.165) is 12.8 Å². The summed E-state index contributed by atoms with van der Waals surface area (Å²) in [6.07, 6.45) is 5.01. The zero-order chi connectivity index (χ0) is 17.8. The molecule has 0 N–H and O–H groups in total. The first-order chi connectivity index (χ1) is 11.3. The van der Waals surface area contributed by atoms with E-state index in [1.807, 2.05) is 24.3 Å². The highest BCUT2D eigenvalue weighted by molar-refractivity contribution is 5.89. The van der Waals surface area contributed by atoms with Crippen LogP contribution < -0.4 is 0 Å². The monoisotopic (exact) mass is 328 g/mol. The average Bonchev–Trinajstić information content (AvgIpc) is 2.59. The molecule has 1 saturated carbocycles. The largest absolute Gasteiger partial charge is 0.462 e. The maximum absolute atomic E-state index is 12.7. The highest BCUT2D eigenvalue weighted by Gasteiger charge is 2.45. The molecule has 24 heavy (non-hydrogen) atoms. The molecule has 0 amide bonds. The van der Waals surface area contributed by atoms with Crippen LogP contribution in [-0.4, -0.2) is 18.4 Å². The van der Waals surface area contributed by atoms with E-state index < -0.39 is 0 Å². The van der Waals surface area contributed by atoms with Crippen molar-refractivity contribution < 1.29 is 14.3 Å². The molecule has 1 aromatic carbocycles. The lowest BCUT2D eigenvalue weighted by Gasteiger charge is -2.43. The number of hydrogen-bond donors (Lipinski definition) is 0. The second-order valence-corrected chi connectivity index (χ2v) is 7.57. The van der Waals surface area contributed by atoms with Gasteiger partial charge in [-0.05, 0) is 42.7 Å². The first-order valence-corrected chi connectivity index (χ1v) is 8.70. The van der Waals surface area contributed by atoms with Gasteiger partial charge in [0.2, 0.25) is 0 Å². The SMILES string of the molecule is C=C[C@@]1(C)CC[C@@](C)([C@H](C)CCOC(=O)c2ccccc2)C(=O)C1. The van der Waals surface area contributed by atoms with Gasteiger partial charge in [0.1, 0.15) is 5.78 Å². The van der Waals surface area contributed by atoms with Crippen molar-refractivity contribution in [3.8, 4) is 0 Å². The van der Waals surface area contributed by atoms with Crippen LogP contribution in [0.25, 0.3) is 0 Å². The maximum atomic E-state index is 12.7. The summed E-state index contributed by atoms with van der Waals surface area (Å²) in [6, 6.07) is 8.99. The van der Waals surface area contributed by atoms with Crippen LogP contribution in [0.2, 0.25) is 0 Å². The van der Waals surface area contributed by atoms with Crippen LogP contribution >= 0.6 is 0 Å². The zero-order valence-electron chi connectivity index (χ0n) is 15.0. The highest BCUT2D eigenvalue weighted by atomic mass is 16.5. The molecule has 0 radical (unpaired) electrons. The summed E-state index contributed by atoms with van der Waals surface area (Å²) in [5.41, 5.74) is 0.157. The van der Waals surface area contributed by atoms with E-state index in [-0.39, 0.29) is 22.7 Å². The molecular formula is C21H28O3. The number of carbonyl (C=O) groups is 2. The Kier molecular flexibility index (Phi) is 5.63. The van der Waals surface area contributed by atoms with Gasteiger partial charge < -0.3 is 4.74 Å². The van der Waals surface area contributed by atoms with Gasteiger partial charge in [-0.15, -0.1) is 6.58 Å². The summed E-state index contributed by atoms with van der Waals surface area (Å²) in [7, 11) is 0. The fourth-order valence-electron chi connectivity index (χ4n) is 3.34. The molecule has 1 aliphatic carbocycles. The maximum Gasteiger partial charge on any atom is 0.338 e. The van der Waals surface area contributed by atoms with Gasteiger partial charge in [0.25, 0.3) is 0 Å². The lowest BCUT2D eigenvalue weighted by molar-refractivity contribution is -0.137. The van der Waals surface area contributed by atoms with Crippen molar-refractivity contribution in [3.63, 3.8) is 0 Å². The predicted molar refractivity (Wildman–Crippen MR) is 95.8 cm³/mol. The molecule has 0 saturated heterocycles. The molecule has 0 unspecified atom stereocenters. The highest BCUT2D eigenvalue weighted by Crippen LogP contribution is 2.47. The van der Waals surface area contributed by atoms with Gasteiger partial charge in [0.05, 0.1) is 12.2 Å². The molecule has 1 fully saturated rings.